The standard InChI is InChI=1S/C5H6BrN3O/c1-10-5-4(7)8-2-3(6)9-5/h2H,1H3,(H2,7,8). The molecule has 0 unspecified atom stereocenters. The SMILES string of the molecule is COc1nc(Br)cnc1N. The van der Waals surface area contributed by atoms with E-state index < -0.39 is 0 Å². The molecule has 1 heterocycles. The van der Waals surface area contributed by atoms with Gasteiger partial charge in [0.25, 0.3) is 5.88 Å². The maximum atomic E-state index is 5.38. The third-order valence-corrected chi connectivity index (χ3v) is 1.31. The fourth-order valence-corrected chi connectivity index (χ4v) is 0.775. The molecule has 0 atom stereocenters. The largest absolute Gasteiger partial charge is 0.478 e. The molecule has 0 saturated heterocycles. The summed E-state index contributed by atoms with van der Waals surface area (Å²) >= 11 is 3.13. The molecule has 0 fully saturated rings. The van der Waals surface area contributed by atoms with E-state index in [1.807, 2.05) is 0 Å². The van der Waals surface area contributed by atoms with Crippen LogP contribution in [0.25, 0.3) is 0 Å². The quantitative estimate of drug-likeness (QED) is 0.735. The second kappa shape index (κ2) is 2.83. The summed E-state index contributed by atoms with van der Waals surface area (Å²) < 4.78 is 5.41. The van der Waals surface area contributed by atoms with Crippen LogP contribution in [-0.4, -0.2) is 17.1 Å². The number of aromatic nitrogens is 2. The van der Waals surface area contributed by atoms with E-state index in [2.05, 4.69) is 25.9 Å². The Morgan fingerprint density at radius 3 is 2.90 bits per heavy atom. The van der Waals surface area contributed by atoms with E-state index in [0.717, 1.165) is 0 Å². The molecular weight excluding hydrogens is 198 g/mol. The van der Waals surface area contributed by atoms with Crippen molar-refractivity contribution in [3.63, 3.8) is 0 Å². The number of nitrogen functional groups attached to an aromatic ring is 1. The van der Waals surface area contributed by atoms with Gasteiger partial charge in [-0.2, -0.15) is 0 Å². The van der Waals surface area contributed by atoms with Crippen LogP contribution < -0.4 is 10.5 Å². The number of hydrogen-bond donors (Lipinski definition) is 1. The second-order valence-electron chi connectivity index (χ2n) is 1.59. The first-order valence-corrected chi connectivity index (χ1v) is 3.35. The van der Waals surface area contributed by atoms with Crippen LogP contribution >= 0.6 is 15.9 Å². The summed E-state index contributed by atoms with van der Waals surface area (Å²) in [5.74, 6) is 0.639. The number of nitrogens with zero attached hydrogens (tertiary/aromatic N) is 2. The topological polar surface area (TPSA) is 61.0 Å². The van der Waals surface area contributed by atoms with Gasteiger partial charge in [-0.3, -0.25) is 0 Å². The molecule has 10 heavy (non-hydrogen) atoms. The number of hydrogen-bond acceptors (Lipinski definition) is 4. The molecule has 0 radical (unpaired) electrons. The Kier molecular flexibility index (Phi) is 2.06. The summed E-state index contributed by atoms with van der Waals surface area (Å²) in [6.45, 7) is 0. The third-order valence-electron chi connectivity index (χ3n) is 0.931. The van der Waals surface area contributed by atoms with Crippen molar-refractivity contribution in [1.29, 1.82) is 0 Å². The van der Waals surface area contributed by atoms with E-state index in [1.54, 1.807) is 0 Å². The zero-order valence-electron chi connectivity index (χ0n) is 5.34. The van der Waals surface area contributed by atoms with Crippen molar-refractivity contribution in [1.82, 2.24) is 9.97 Å². The summed E-state index contributed by atoms with van der Waals surface area (Å²) in [5.41, 5.74) is 5.38. The van der Waals surface area contributed by atoms with Crippen molar-refractivity contribution in [2.45, 2.75) is 0 Å². The number of ether oxygens (including phenoxy) is 1. The van der Waals surface area contributed by atoms with E-state index in [9.17, 15) is 0 Å². The third kappa shape index (κ3) is 1.36. The van der Waals surface area contributed by atoms with Gasteiger partial charge in [0.05, 0.1) is 13.3 Å². The zero-order chi connectivity index (χ0) is 7.56. The highest BCUT2D eigenvalue weighted by molar-refractivity contribution is 9.10. The van der Waals surface area contributed by atoms with Gasteiger partial charge in [0.1, 0.15) is 4.60 Å². The van der Waals surface area contributed by atoms with E-state index in [4.69, 9.17) is 10.5 Å². The summed E-state index contributed by atoms with van der Waals surface area (Å²) in [7, 11) is 1.49. The predicted octanol–water partition coefficient (Wildman–Crippen LogP) is 0.830. The van der Waals surface area contributed by atoms with Gasteiger partial charge in [0.15, 0.2) is 5.82 Å². The molecule has 0 saturated carbocycles. The van der Waals surface area contributed by atoms with Crippen LogP contribution in [0.3, 0.4) is 0 Å². The van der Waals surface area contributed by atoms with Gasteiger partial charge in [0, 0.05) is 0 Å². The molecule has 0 aliphatic rings. The highest BCUT2D eigenvalue weighted by Gasteiger charge is 2.00. The molecule has 0 bridgehead atoms. The Morgan fingerprint density at radius 1 is 1.70 bits per heavy atom. The van der Waals surface area contributed by atoms with Gasteiger partial charge < -0.3 is 10.5 Å². The fourth-order valence-electron chi connectivity index (χ4n) is 0.511. The van der Waals surface area contributed by atoms with Gasteiger partial charge in [-0.15, -0.1) is 0 Å². The maximum absolute atomic E-state index is 5.38. The lowest BCUT2D eigenvalue weighted by Crippen LogP contribution is -1.97. The van der Waals surface area contributed by atoms with Gasteiger partial charge in [-0.25, -0.2) is 9.97 Å². The van der Waals surface area contributed by atoms with Crippen LogP contribution in [0, 0.1) is 0 Å². The summed E-state index contributed by atoms with van der Waals surface area (Å²) in [6.07, 6.45) is 1.51. The number of anilines is 1. The molecule has 0 aliphatic carbocycles. The number of rotatable bonds is 1. The Hall–Kier alpha value is -0.840. The second-order valence-corrected chi connectivity index (χ2v) is 2.40. The van der Waals surface area contributed by atoms with E-state index in [-0.39, 0.29) is 0 Å². The van der Waals surface area contributed by atoms with Gasteiger partial charge in [-0.05, 0) is 15.9 Å². The van der Waals surface area contributed by atoms with Crippen molar-refractivity contribution in [3.8, 4) is 5.88 Å². The van der Waals surface area contributed by atoms with E-state index in [0.29, 0.717) is 16.3 Å². The van der Waals surface area contributed by atoms with Crippen LogP contribution in [0.1, 0.15) is 0 Å². The first-order valence-electron chi connectivity index (χ1n) is 2.56. The first-order chi connectivity index (χ1) is 4.74. The molecule has 0 spiro atoms. The van der Waals surface area contributed by atoms with Crippen molar-refractivity contribution >= 4 is 21.7 Å². The molecule has 1 rings (SSSR count). The molecule has 2 N–H and O–H groups in total. The van der Waals surface area contributed by atoms with Gasteiger partial charge in [-0.1, -0.05) is 0 Å². The minimum Gasteiger partial charge on any atom is -0.478 e. The minimum absolute atomic E-state index is 0.297. The molecular formula is C5H6BrN3O. The predicted molar refractivity (Wildman–Crippen MR) is 40.7 cm³/mol. The fraction of sp³-hybridized carbons (Fsp3) is 0.200. The van der Waals surface area contributed by atoms with Crippen LogP contribution in [0.5, 0.6) is 5.88 Å². The molecule has 1 aromatic rings. The zero-order valence-corrected chi connectivity index (χ0v) is 6.92. The lowest BCUT2D eigenvalue weighted by Gasteiger charge is -2.00. The Balaban J connectivity index is 3.09. The molecule has 0 amide bonds. The number of halogens is 1. The highest BCUT2D eigenvalue weighted by atomic mass is 79.9. The molecule has 5 heteroatoms. The Labute approximate surface area is 66.6 Å². The van der Waals surface area contributed by atoms with Crippen LogP contribution in [-0.2, 0) is 0 Å². The summed E-state index contributed by atoms with van der Waals surface area (Å²) in [5, 5.41) is 0. The Bertz CT molecular complexity index is 240. The van der Waals surface area contributed by atoms with E-state index in [1.165, 1.54) is 13.3 Å². The van der Waals surface area contributed by atoms with Crippen molar-refractivity contribution in [3.05, 3.63) is 10.8 Å². The Morgan fingerprint density at radius 2 is 2.40 bits per heavy atom. The van der Waals surface area contributed by atoms with Crippen LogP contribution in [0.15, 0.2) is 10.8 Å². The van der Waals surface area contributed by atoms with Crippen LogP contribution in [0.4, 0.5) is 5.82 Å². The minimum atomic E-state index is 0.297. The monoisotopic (exact) mass is 203 g/mol. The van der Waals surface area contributed by atoms with Crippen LogP contribution in [0.2, 0.25) is 0 Å². The highest BCUT2D eigenvalue weighted by Crippen LogP contribution is 2.16. The van der Waals surface area contributed by atoms with Crippen molar-refractivity contribution in [2.24, 2.45) is 0 Å². The average molecular weight is 204 g/mol. The first kappa shape index (κ1) is 7.27. The lowest BCUT2D eigenvalue weighted by atomic mass is 10.6. The molecule has 4 nitrogen and oxygen atoms in total. The average Bonchev–Trinajstić information content (AvgIpc) is 1.94. The van der Waals surface area contributed by atoms with Gasteiger partial charge >= 0.3 is 0 Å². The van der Waals surface area contributed by atoms with Gasteiger partial charge in [0.2, 0.25) is 0 Å². The normalized spacial score (nSPS) is 9.40. The maximum Gasteiger partial charge on any atom is 0.258 e. The van der Waals surface area contributed by atoms with Crippen molar-refractivity contribution in [2.75, 3.05) is 12.8 Å². The van der Waals surface area contributed by atoms with E-state index >= 15 is 0 Å². The van der Waals surface area contributed by atoms with Crippen molar-refractivity contribution < 1.29 is 4.74 Å². The molecule has 54 valence electrons. The number of nitrogens with two attached hydrogens (primary N) is 1. The summed E-state index contributed by atoms with van der Waals surface area (Å²) in [4.78, 5) is 7.69. The summed E-state index contributed by atoms with van der Waals surface area (Å²) in [6, 6.07) is 0. The molecule has 1 aromatic heterocycles. The lowest BCUT2D eigenvalue weighted by molar-refractivity contribution is 0.397. The molecule has 0 aliphatic heterocycles. The number of methoxy groups -OCH3 is 1. The molecule has 0 aromatic carbocycles. The smallest absolute Gasteiger partial charge is 0.258 e.